The molecular formula is C12H12N4O4. The van der Waals surface area contributed by atoms with Crippen LogP contribution in [0.2, 0.25) is 0 Å². The fraction of sp³-hybridized carbons (Fsp3) is 0.167. The zero-order chi connectivity index (χ0) is 14.5. The van der Waals surface area contributed by atoms with Gasteiger partial charge in [0, 0.05) is 17.8 Å². The van der Waals surface area contributed by atoms with Gasteiger partial charge in [0.15, 0.2) is 18.2 Å². The standard InChI is InChI=1S/C12H12N4O4/c1-8-6-11(15-14-8)13-12(17)7-20-10-5-3-2-4-9(10)16(18)19/h2-6H,7H2,1H3,(H2,13,14,15,17). The number of aromatic nitrogens is 2. The molecule has 2 aromatic rings. The number of hydrogen-bond acceptors (Lipinski definition) is 5. The average molecular weight is 276 g/mol. The van der Waals surface area contributed by atoms with Crippen molar-refractivity contribution in [1.29, 1.82) is 0 Å². The normalized spacial score (nSPS) is 10.1. The van der Waals surface area contributed by atoms with E-state index in [0.29, 0.717) is 5.82 Å². The van der Waals surface area contributed by atoms with Crippen LogP contribution in [0.25, 0.3) is 0 Å². The van der Waals surface area contributed by atoms with Crippen molar-refractivity contribution in [2.75, 3.05) is 11.9 Å². The maximum atomic E-state index is 11.6. The summed E-state index contributed by atoms with van der Waals surface area (Å²) in [6.45, 7) is 1.46. The van der Waals surface area contributed by atoms with Crippen LogP contribution < -0.4 is 10.1 Å². The lowest BCUT2D eigenvalue weighted by molar-refractivity contribution is -0.385. The first-order valence-corrected chi connectivity index (χ1v) is 5.74. The third-order valence-electron chi connectivity index (χ3n) is 2.39. The monoisotopic (exact) mass is 276 g/mol. The van der Waals surface area contributed by atoms with Gasteiger partial charge in [-0.15, -0.1) is 0 Å². The van der Waals surface area contributed by atoms with E-state index in [1.54, 1.807) is 19.1 Å². The van der Waals surface area contributed by atoms with Crippen LogP contribution in [0.15, 0.2) is 30.3 Å². The van der Waals surface area contributed by atoms with Gasteiger partial charge in [-0.2, -0.15) is 5.10 Å². The van der Waals surface area contributed by atoms with Crippen LogP contribution in [-0.4, -0.2) is 27.6 Å². The number of amides is 1. The number of para-hydroxylation sites is 2. The zero-order valence-electron chi connectivity index (χ0n) is 10.6. The van der Waals surface area contributed by atoms with Crippen molar-refractivity contribution in [3.05, 3.63) is 46.1 Å². The molecule has 1 aromatic heterocycles. The number of aryl methyl sites for hydroxylation is 1. The largest absolute Gasteiger partial charge is 0.477 e. The molecule has 0 fully saturated rings. The van der Waals surface area contributed by atoms with Crippen molar-refractivity contribution in [3.63, 3.8) is 0 Å². The first-order chi connectivity index (χ1) is 9.56. The van der Waals surface area contributed by atoms with E-state index in [2.05, 4.69) is 15.5 Å². The number of nitrogens with one attached hydrogen (secondary N) is 2. The number of anilines is 1. The second-order valence-electron chi connectivity index (χ2n) is 4.00. The minimum Gasteiger partial charge on any atom is -0.477 e. The third kappa shape index (κ3) is 3.31. The molecule has 20 heavy (non-hydrogen) atoms. The molecule has 0 aliphatic heterocycles. The van der Waals surface area contributed by atoms with Crippen LogP contribution in [0.3, 0.4) is 0 Å². The summed E-state index contributed by atoms with van der Waals surface area (Å²) < 4.78 is 5.15. The van der Waals surface area contributed by atoms with Crippen molar-refractivity contribution >= 4 is 17.4 Å². The molecule has 0 unspecified atom stereocenters. The zero-order valence-corrected chi connectivity index (χ0v) is 10.6. The molecule has 8 heteroatoms. The highest BCUT2D eigenvalue weighted by molar-refractivity contribution is 5.91. The maximum Gasteiger partial charge on any atom is 0.310 e. The number of nitro groups is 1. The summed E-state index contributed by atoms with van der Waals surface area (Å²) in [7, 11) is 0. The van der Waals surface area contributed by atoms with Crippen LogP contribution in [-0.2, 0) is 4.79 Å². The Kier molecular flexibility index (Phi) is 3.94. The minimum absolute atomic E-state index is 0.0471. The minimum atomic E-state index is -0.565. The molecule has 1 aromatic carbocycles. The van der Waals surface area contributed by atoms with Gasteiger partial charge in [-0.25, -0.2) is 0 Å². The number of nitro benzene ring substituents is 1. The first-order valence-electron chi connectivity index (χ1n) is 5.74. The van der Waals surface area contributed by atoms with E-state index in [9.17, 15) is 14.9 Å². The summed E-state index contributed by atoms with van der Waals surface area (Å²) in [5, 5.41) is 19.8. The molecule has 0 aliphatic carbocycles. The lowest BCUT2D eigenvalue weighted by Crippen LogP contribution is -2.20. The Morgan fingerprint density at radius 2 is 2.25 bits per heavy atom. The van der Waals surface area contributed by atoms with Crippen molar-refractivity contribution in [1.82, 2.24) is 10.2 Å². The van der Waals surface area contributed by atoms with Gasteiger partial charge < -0.3 is 10.1 Å². The Labute approximate surface area is 113 Å². The summed E-state index contributed by atoms with van der Waals surface area (Å²) in [5.41, 5.74) is 0.621. The van der Waals surface area contributed by atoms with Gasteiger partial charge in [0.05, 0.1) is 4.92 Å². The number of nitrogens with zero attached hydrogens (tertiary/aromatic N) is 2. The van der Waals surface area contributed by atoms with Crippen molar-refractivity contribution in [3.8, 4) is 5.75 Å². The van der Waals surface area contributed by atoms with Crippen molar-refractivity contribution in [2.24, 2.45) is 0 Å². The third-order valence-corrected chi connectivity index (χ3v) is 2.39. The number of ether oxygens (including phenoxy) is 1. The Hall–Kier alpha value is -2.90. The van der Waals surface area contributed by atoms with E-state index in [1.165, 1.54) is 18.2 Å². The summed E-state index contributed by atoms with van der Waals surface area (Å²) >= 11 is 0. The first kappa shape index (κ1) is 13.5. The number of benzene rings is 1. The number of aromatic amines is 1. The molecule has 0 spiro atoms. The molecule has 0 atom stereocenters. The summed E-state index contributed by atoms with van der Waals surface area (Å²) in [6, 6.07) is 7.52. The highest BCUT2D eigenvalue weighted by Crippen LogP contribution is 2.25. The predicted octanol–water partition coefficient (Wildman–Crippen LogP) is 1.64. The van der Waals surface area contributed by atoms with E-state index in [0.717, 1.165) is 5.69 Å². The maximum absolute atomic E-state index is 11.6. The molecule has 0 aliphatic rings. The smallest absolute Gasteiger partial charge is 0.310 e. The Morgan fingerprint density at radius 1 is 1.50 bits per heavy atom. The molecule has 0 saturated carbocycles. The molecule has 1 amide bonds. The Balaban J connectivity index is 1.95. The fourth-order valence-corrected chi connectivity index (χ4v) is 1.53. The van der Waals surface area contributed by atoms with E-state index in [4.69, 9.17) is 4.74 Å². The van der Waals surface area contributed by atoms with Crippen LogP contribution in [0.5, 0.6) is 5.75 Å². The van der Waals surface area contributed by atoms with Gasteiger partial charge in [-0.3, -0.25) is 20.0 Å². The van der Waals surface area contributed by atoms with Crippen LogP contribution in [0, 0.1) is 17.0 Å². The highest BCUT2D eigenvalue weighted by Gasteiger charge is 2.15. The second kappa shape index (κ2) is 5.83. The van der Waals surface area contributed by atoms with E-state index in [-0.39, 0.29) is 18.0 Å². The quantitative estimate of drug-likeness (QED) is 0.637. The average Bonchev–Trinajstić information content (AvgIpc) is 2.82. The number of rotatable bonds is 5. The predicted molar refractivity (Wildman–Crippen MR) is 70.5 cm³/mol. The van der Waals surface area contributed by atoms with E-state index >= 15 is 0 Å². The molecule has 8 nitrogen and oxygen atoms in total. The van der Waals surface area contributed by atoms with Gasteiger partial charge >= 0.3 is 5.69 Å². The molecule has 104 valence electrons. The summed E-state index contributed by atoms with van der Waals surface area (Å²) in [4.78, 5) is 21.8. The van der Waals surface area contributed by atoms with E-state index in [1.807, 2.05) is 0 Å². The Bertz CT molecular complexity index is 638. The summed E-state index contributed by atoms with van der Waals surface area (Å²) in [6.07, 6.45) is 0. The van der Waals surface area contributed by atoms with Gasteiger partial charge in [-0.05, 0) is 13.0 Å². The van der Waals surface area contributed by atoms with Gasteiger partial charge in [0.2, 0.25) is 0 Å². The van der Waals surface area contributed by atoms with Gasteiger partial charge in [0.25, 0.3) is 5.91 Å². The lowest BCUT2D eigenvalue weighted by atomic mass is 10.3. The fourth-order valence-electron chi connectivity index (χ4n) is 1.53. The van der Waals surface area contributed by atoms with Crippen LogP contribution in [0.1, 0.15) is 5.69 Å². The van der Waals surface area contributed by atoms with Crippen molar-refractivity contribution < 1.29 is 14.5 Å². The molecule has 0 radical (unpaired) electrons. The molecule has 0 bridgehead atoms. The van der Waals surface area contributed by atoms with Gasteiger partial charge in [-0.1, -0.05) is 12.1 Å². The van der Waals surface area contributed by atoms with Crippen molar-refractivity contribution in [2.45, 2.75) is 6.92 Å². The molecule has 2 N–H and O–H groups in total. The number of carbonyl (C=O) groups excluding carboxylic acids is 1. The number of H-pyrrole nitrogens is 1. The number of carbonyl (C=O) groups is 1. The molecule has 2 rings (SSSR count). The molecule has 0 saturated heterocycles. The van der Waals surface area contributed by atoms with Gasteiger partial charge in [0.1, 0.15) is 0 Å². The SMILES string of the molecule is Cc1cc(NC(=O)COc2ccccc2[N+](=O)[O-])n[nH]1. The lowest BCUT2D eigenvalue weighted by Gasteiger charge is -2.06. The van der Waals surface area contributed by atoms with E-state index < -0.39 is 10.8 Å². The van der Waals surface area contributed by atoms with Crippen LogP contribution in [0.4, 0.5) is 11.5 Å². The highest BCUT2D eigenvalue weighted by atomic mass is 16.6. The summed E-state index contributed by atoms with van der Waals surface area (Å²) in [5.74, 6) is -0.0285. The Morgan fingerprint density at radius 3 is 2.90 bits per heavy atom. The second-order valence-corrected chi connectivity index (χ2v) is 4.00. The molecular weight excluding hydrogens is 264 g/mol. The van der Waals surface area contributed by atoms with Crippen LogP contribution >= 0.6 is 0 Å². The number of hydrogen-bond donors (Lipinski definition) is 2. The molecule has 1 heterocycles. The topological polar surface area (TPSA) is 110 Å².